The number of carbonyl (C=O) groups is 1. The predicted octanol–water partition coefficient (Wildman–Crippen LogP) is 4.62. The number of aromatic amines is 1. The Hall–Kier alpha value is -1.48. The zero-order valence-electron chi connectivity index (χ0n) is 14.5. The summed E-state index contributed by atoms with van der Waals surface area (Å²) in [4.78, 5) is 16.1. The molecule has 5 rings (SSSR count). The average molecular weight is 357 g/mol. The van der Waals surface area contributed by atoms with Crippen LogP contribution in [0, 0.1) is 17.8 Å². The lowest BCUT2D eigenvalue weighted by molar-refractivity contribution is -0.123. The summed E-state index contributed by atoms with van der Waals surface area (Å²) in [5.74, 6) is 2.65. The molecule has 1 amide bonds. The number of rotatable bonds is 3. The van der Waals surface area contributed by atoms with Crippen LogP contribution >= 0.6 is 11.6 Å². The summed E-state index contributed by atoms with van der Waals surface area (Å²) in [6, 6.07) is 6.29. The van der Waals surface area contributed by atoms with E-state index < -0.39 is 0 Å². The molecule has 2 aromatic rings. The molecule has 2 fully saturated rings. The molecule has 3 aliphatic carbocycles. The number of nitrogens with one attached hydrogen (secondary N) is 2. The standard InChI is InChI=1S/C21H25ClN2O/c22-15-3-5-19-17(10-15)18-11-16(4-6-20(18)24-19)23-21(25)9-14-8-12-1-2-13(14)7-12/h3,5,10,12-14,16,24H,1-2,4,6-9,11H2,(H,23,25)/t12-,13+,14-,16+/m1/s1. The number of fused-ring (bicyclic) bond motifs is 5. The van der Waals surface area contributed by atoms with Crippen LogP contribution in [0.25, 0.3) is 10.9 Å². The van der Waals surface area contributed by atoms with E-state index in [9.17, 15) is 4.79 Å². The number of H-pyrrole nitrogens is 1. The number of halogens is 1. The van der Waals surface area contributed by atoms with Gasteiger partial charge >= 0.3 is 0 Å². The molecule has 132 valence electrons. The third-order valence-corrected chi connectivity index (χ3v) is 7.08. The van der Waals surface area contributed by atoms with Crippen LogP contribution in [0.4, 0.5) is 0 Å². The van der Waals surface area contributed by atoms with Crippen molar-refractivity contribution in [2.24, 2.45) is 17.8 Å². The minimum Gasteiger partial charge on any atom is -0.358 e. The molecule has 1 aromatic carbocycles. The quantitative estimate of drug-likeness (QED) is 0.828. The highest BCUT2D eigenvalue weighted by Gasteiger charge is 2.40. The first-order valence-electron chi connectivity index (χ1n) is 9.74. The van der Waals surface area contributed by atoms with Gasteiger partial charge in [-0.25, -0.2) is 0 Å². The number of aromatic nitrogens is 1. The summed E-state index contributed by atoms with van der Waals surface area (Å²) >= 11 is 6.18. The molecular formula is C21H25ClN2O. The summed E-state index contributed by atoms with van der Waals surface area (Å²) in [7, 11) is 0. The molecule has 3 nitrogen and oxygen atoms in total. The van der Waals surface area contributed by atoms with Gasteiger partial charge < -0.3 is 10.3 Å². The van der Waals surface area contributed by atoms with Crippen molar-refractivity contribution >= 4 is 28.4 Å². The molecule has 0 aliphatic heterocycles. The van der Waals surface area contributed by atoms with Crippen LogP contribution in [0.2, 0.25) is 5.02 Å². The largest absolute Gasteiger partial charge is 0.358 e. The first-order chi connectivity index (χ1) is 12.2. The van der Waals surface area contributed by atoms with Gasteiger partial charge in [-0.3, -0.25) is 4.79 Å². The predicted molar refractivity (Wildman–Crippen MR) is 101 cm³/mol. The Morgan fingerprint density at radius 1 is 1.24 bits per heavy atom. The highest BCUT2D eigenvalue weighted by Crippen LogP contribution is 2.49. The van der Waals surface area contributed by atoms with Gasteiger partial charge in [0.25, 0.3) is 0 Å². The lowest BCUT2D eigenvalue weighted by atomic mass is 9.86. The summed E-state index contributed by atoms with van der Waals surface area (Å²) in [6.07, 6.45) is 9.09. The molecule has 3 aliphatic rings. The van der Waals surface area contributed by atoms with Gasteiger partial charge in [0.1, 0.15) is 0 Å². The van der Waals surface area contributed by atoms with E-state index in [0.29, 0.717) is 5.92 Å². The van der Waals surface area contributed by atoms with Crippen LogP contribution in [0.3, 0.4) is 0 Å². The first-order valence-corrected chi connectivity index (χ1v) is 10.1. The van der Waals surface area contributed by atoms with Crippen molar-refractivity contribution in [3.63, 3.8) is 0 Å². The molecule has 0 unspecified atom stereocenters. The highest BCUT2D eigenvalue weighted by molar-refractivity contribution is 6.31. The number of benzene rings is 1. The molecule has 4 atom stereocenters. The molecule has 0 radical (unpaired) electrons. The Morgan fingerprint density at radius 3 is 2.96 bits per heavy atom. The van der Waals surface area contributed by atoms with Gasteiger partial charge in [0.2, 0.25) is 5.91 Å². The minimum atomic E-state index is 0.261. The van der Waals surface area contributed by atoms with E-state index in [1.165, 1.54) is 42.3 Å². The Morgan fingerprint density at radius 2 is 2.16 bits per heavy atom. The van der Waals surface area contributed by atoms with Gasteiger partial charge in [0.15, 0.2) is 0 Å². The van der Waals surface area contributed by atoms with E-state index in [2.05, 4.69) is 16.4 Å². The summed E-state index contributed by atoms with van der Waals surface area (Å²) in [5.41, 5.74) is 3.81. The van der Waals surface area contributed by atoms with E-state index in [4.69, 9.17) is 11.6 Å². The average Bonchev–Trinajstić information content (AvgIpc) is 3.28. The van der Waals surface area contributed by atoms with E-state index in [0.717, 1.165) is 48.1 Å². The fraction of sp³-hybridized carbons (Fsp3) is 0.571. The lowest BCUT2D eigenvalue weighted by Gasteiger charge is -2.26. The fourth-order valence-corrected chi connectivity index (χ4v) is 5.84. The Bertz CT molecular complexity index is 827. The fourth-order valence-electron chi connectivity index (χ4n) is 5.66. The van der Waals surface area contributed by atoms with Gasteiger partial charge in [0, 0.05) is 34.1 Å². The van der Waals surface area contributed by atoms with Crippen molar-refractivity contribution in [1.82, 2.24) is 10.3 Å². The van der Waals surface area contributed by atoms with Crippen LogP contribution in [-0.4, -0.2) is 16.9 Å². The maximum atomic E-state index is 12.6. The third-order valence-electron chi connectivity index (χ3n) is 6.85. The second kappa shape index (κ2) is 6.05. The van der Waals surface area contributed by atoms with Gasteiger partial charge in [-0.2, -0.15) is 0 Å². The summed E-state index contributed by atoms with van der Waals surface area (Å²) < 4.78 is 0. The molecule has 1 heterocycles. The van der Waals surface area contributed by atoms with Crippen LogP contribution in [0.1, 0.15) is 49.8 Å². The molecule has 0 spiro atoms. The van der Waals surface area contributed by atoms with Crippen molar-refractivity contribution in [2.45, 2.75) is 57.4 Å². The monoisotopic (exact) mass is 356 g/mol. The Kier molecular flexibility index (Phi) is 3.81. The summed E-state index contributed by atoms with van der Waals surface area (Å²) in [6.45, 7) is 0. The molecule has 25 heavy (non-hydrogen) atoms. The lowest BCUT2D eigenvalue weighted by Crippen LogP contribution is -2.39. The van der Waals surface area contributed by atoms with Crippen molar-refractivity contribution < 1.29 is 4.79 Å². The van der Waals surface area contributed by atoms with Crippen molar-refractivity contribution in [2.75, 3.05) is 0 Å². The maximum Gasteiger partial charge on any atom is 0.220 e. The maximum absolute atomic E-state index is 12.6. The van der Waals surface area contributed by atoms with Gasteiger partial charge in [-0.15, -0.1) is 0 Å². The van der Waals surface area contributed by atoms with Crippen LogP contribution < -0.4 is 5.32 Å². The first kappa shape index (κ1) is 15.7. The normalized spacial score (nSPS) is 30.6. The second-order valence-corrected chi connectivity index (χ2v) is 8.85. The third kappa shape index (κ3) is 2.87. The van der Waals surface area contributed by atoms with Gasteiger partial charge in [-0.1, -0.05) is 18.0 Å². The Labute approximate surface area is 153 Å². The molecule has 2 saturated carbocycles. The Balaban J connectivity index is 1.26. The molecular weight excluding hydrogens is 332 g/mol. The number of hydrogen-bond acceptors (Lipinski definition) is 1. The van der Waals surface area contributed by atoms with E-state index in [-0.39, 0.29) is 11.9 Å². The second-order valence-electron chi connectivity index (χ2n) is 8.42. The van der Waals surface area contributed by atoms with Gasteiger partial charge in [-0.05, 0) is 80.0 Å². The van der Waals surface area contributed by atoms with E-state index in [1.54, 1.807) is 0 Å². The minimum absolute atomic E-state index is 0.261. The van der Waals surface area contributed by atoms with Crippen molar-refractivity contribution in [3.8, 4) is 0 Å². The highest BCUT2D eigenvalue weighted by atomic mass is 35.5. The number of aryl methyl sites for hydroxylation is 1. The number of hydrogen-bond donors (Lipinski definition) is 2. The van der Waals surface area contributed by atoms with Crippen LogP contribution in [0.5, 0.6) is 0 Å². The molecule has 2 N–H and O–H groups in total. The smallest absolute Gasteiger partial charge is 0.220 e. The van der Waals surface area contributed by atoms with Crippen molar-refractivity contribution in [3.05, 3.63) is 34.5 Å². The zero-order chi connectivity index (χ0) is 17.0. The van der Waals surface area contributed by atoms with Crippen LogP contribution in [-0.2, 0) is 17.6 Å². The summed E-state index contributed by atoms with van der Waals surface area (Å²) in [5, 5.41) is 5.32. The van der Waals surface area contributed by atoms with Crippen LogP contribution in [0.15, 0.2) is 18.2 Å². The molecule has 2 bridgehead atoms. The zero-order valence-corrected chi connectivity index (χ0v) is 15.2. The van der Waals surface area contributed by atoms with E-state index >= 15 is 0 Å². The van der Waals surface area contributed by atoms with Gasteiger partial charge in [0.05, 0.1) is 0 Å². The van der Waals surface area contributed by atoms with Crippen molar-refractivity contribution in [1.29, 1.82) is 0 Å². The topological polar surface area (TPSA) is 44.9 Å². The molecule has 1 aromatic heterocycles. The van der Waals surface area contributed by atoms with E-state index in [1.807, 2.05) is 12.1 Å². The number of carbonyl (C=O) groups excluding carboxylic acids is 1. The molecule has 4 heteroatoms. The number of amides is 1. The SMILES string of the molecule is O=C(C[C@H]1C[C@@H]2CC[C@H]1C2)N[C@H]1CCc2[nH]c3ccc(Cl)cc3c2C1. The molecule has 0 saturated heterocycles.